The van der Waals surface area contributed by atoms with Gasteiger partial charge in [-0.2, -0.15) is 0 Å². The number of amides is 4. The first-order valence-electron chi connectivity index (χ1n) is 17.3. The van der Waals surface area contributed by atoms with E-state index in [1.165, 1.54) is 17.0 Å². The van der Waals surface area contributed by atoms with Crippen LogP contribution >= 0.6 is 23.2 Å². The lowest BCUT2D eigenvalue weighted by Crippen LogP contribution is -2.46. The molecular formula is C38H46Cl2N6O8. The normalized spacial score (nSPS) is 15.9. The summed E-state index contributed by atoms with van der Waals surface area (Å²) in [6.45, 7) is 12.1. The number of carbonyl (C=O) groups excluding carboxylic acids is 4. The molecule has 3 N–H and O–H groups in total. The SMILES string of the molecule is Cc1onc2c1C(=O)NC(NC(=O)OC(C)(C)C)=NCc1cc(Cl)c(c(Cl)c1)NC(=O)CN(C(=O)OC(C)(C)C)CCCC/C=C\COc1ccc-2cc1. The van der Waals surface area contributed by atoms with E-state index in [1.807, 2.05) is 12.2 Å². The molecule has 6 rings (SSSR count). The third kappa shape index (κ3) is 12.8. The fourth-order valence-corrected chi connectivity index (χ4v) is 5.67. The molecule has 2 aromatic carbocycles. The summed E-state index contributed by atoms with van der Waals surface area (Å²) in [5.41, 5.74) is -0.00942. The monoisotopic (exact) mass is 784 g/mol. The van der Waals surface area contributed by atoms with Gasteiger partial charge in [0, 0.05) is 12.1 Å². The summed E-state index contributed by atoms with van der Waals surface area (Å²) in [5, 5.41) is 12.1. The van der Waals surface area contributed by atoms with Gasteiger partial charge in [-0.05, 0) is 110 Å². The zero-order valence-electron chi connectivity index (χ0n) is 31.4. The van der Waals surface area contributed by atoms with Gasteiger partial charge in [-0.3, -0.25) is 25.1 Å². The minimum Gasteiger partial charge on any atom is -0.490 e. The first-order valence-corrected chi connectivity index (χ1v) is 18.1. The van der Waals surface area contributed by atoms with Crippen molar-refractivity contribution in [1.29, 1.82) is 0 Å². The lowest BCUT2D eigenvalue weighted by atomic mass is 10.1. The lowest BCUT2D eigenvalue weighted by molar-refractivity contribution is -0.117. The molecule has 54 heavy (non-hydrogen) atoms. The summed E-state index contributed by atoms with van der Waals surface area (Å²) in [6.07, 6.45) is 4.48. The van der Waals surface area contributed by atoms with Crippen molar-refractivity contribution in [2.75, 3.05) is 25.0 Å². The highest BCUT2D eigenvalue weighted by molar-refractivity contribution is 6.40. The van der Waals surface area contributed by atoms with Crippen molar-refractivity contribution in [1.82, 2.24) is 20.7 Å². The van der Waals surface area contributed by atoms with Crippen LogP contribution in [0.2, 0.25) is 10.0 Å². The van der Waals surface area contributed by atoms with Gasteiger partial charge in [0.1, 0.15) is 47.1 Å². The summed E-state index contributed by atoms with van der Waals surface area (Å²) in [6, 6.07) is 10.1. The lowest BCUT2D eigenvalue weighted by Gasteiger charge is -2.27. The Kier molecular flexibility index (Phi) is 14.1. The highest BCUT2D eigenvalue weighted by Gasteiger charge is 2.26. The number of nitrogens with one attached hydrogen (secondary N) is 3. The van der Waals surface area contributed by atoms with Crippen molar-refractivity contribution in [3.63, 3.8) is 0 Å². The van der Waals surface area contributed by atoms with Crippen LogP contribution in [0.4, 0.5) is 15.3 Å². The number of carbonyl (C=O) groups is 4. The maximum absolute atomic E-state index is 13.7. The van der Waals surface area contributed by atoms with Crippen LogP contribution in [-0.2, 0) is 20.8 Å². The van der Waals surface area contributed by atoms with Crippen LogP contribution in [0.25, 0.3) is 11.3 Å². The Labute approximate surface area is 324 Å². The number of anilines is 1. The maximum Gasteiger partial charge on any atom is 0.414 e. The van der Waals surface area contributed by atoms with Crippen LogP contribution in [0.5, 0.6) is 5.75 Å². The minimum absolute atomic E-state index is 0.0967. The predicted octanol–water partition coefficient (Wildman–Crippen LogP) is 8.06. The standard InChI is InChI=1S/C38H46Cl2N6O8/c1-23-30-31(45-54-23)25-13-15-26(16-14-25)51-18-12-10-8-9-11-17-46(36(50)53-38(5,6)7)22-29(47)42-32-27(39)19-24(20-28(32)40)21-41-34(43-33(30)48)44-35(49)52-37(2,3)4/h10,12-16,19-20H,8-9,11,17-18,21-22H2,1-7H3,(H,42,47)(H2,41,43,44,48,49)/b12-10-. The van der Waals surface area contributed by atoms with Gasteiger partial charge in [0.05, 0.1) is 22.3 Å². The number of halogens is 2. The van der Waals surface area contributed by atoms with Gasteiger partial charge in [-0.15, -0.1) is 0 Å². The number of alkyl carbamates (subject to hydrolysis) is 1. The third-order valence-corrected chi connectivity index (χ3v) is 8.00. The molecule has 0 spiro atoms. The van der Waals surface area contributed by atoms with E-state index in [-0.39, 0.29) is 58.3 Å². The molecular weight excluding hydrogens is 739 g/mol. The van der Waals surface area contributed by atoms with Crippen LogP contribution in [0, 0.1) is 6.92 Å². The van der Waals surface area contributed by atoms with Crippen LogP contribution in [-0.4, -0.2) is 70.9 Å². The number of benzene rings is 2. The number of guanidine groups is 1. The average Bonchev–Trinajstić information content (AvgIpc) is 3.45. The third-order valence-electron chi connectivity index (χ3n) is 7.40. The number of hydrogen-bond donors (Lipinski definition) is 3. The van der Waals surface area contributed by atoms with Crippen molar-refractivity contribution in [3.8, 4) is 17.0 Å². The van der Waals surface area contributed by atoms with E-state index in [9.17, 15) is 19.2 Å². The Morgan fingerprint density at radius 3 is 2.24 bits per heavy atom. The highest BCUT2D eigenvalue weighted by atomic mass is 35.5. The molecule has 16 heteroatoms. The Balaban J connectivity index is 1.67. The van der Waals surface area contributed by atoms with Crippen molar-refractivity contribution in [3.05, 3.63) is 75.5 Å². The average molecular weight is 786 g/mol. The number of fused-ring (bicyclic) bond motifs is 2. The molecule has 0 unspecified atom stereocenters. The Hall–Kier alpha value is -5.08. The molecule has 3 aliphatic heterocycles. The largest absolute Gasteiger partial charge is 0.490 e. The molecule has 0 saturated carbocycles. The summed E-state index contributed by atoms with van der Waals surface area (Å²) in [4.78, 5) is 58.5. The predicted molar refractivity (Wildman–Crippen MR) is 206 cm³/mol. The Bertz CT molecular complexity index is 1870. The van der Waals surface area contributed by atoms with Gasteiger partial charge >= 0.3 is 12.2 Å². The second-order valence-electron chi connectivity index (χ2n) is 14.4. The number of rotatable bonds is 0. The van der Waals surface area contributed by atoms with Gasteiger partial charge in [-0.25, -0.2) is 14.6 Å². The number of aliphatic imine (C=N–C) groups is 1. The molecule has 0 radical (unpaired) electrons. The first kappa shape index (κ1) is 41.7. The second kappa shape index (κ2) is 18.3. The fourth-order valence-electron chi connectivity index (χ4n) is 5.04. The minimum atomic E-state index is -0.862. The number of allylic oxidation sites excluding steroid dienone is 1. The second-order valence-corrected chi connectivity index (χ2v) is 15.2. The van der Waals surface area contributed by atoms with Gasteiger partial charge in [-0.1, -0.05) is 40.5 Å². The molecule has 4 amide bonds. The molecule has 3 aromatic rings. The zero-order chi connectivity index (χ0) is 39.6. The molecule has 0 fully saturated rings. The summed E-state index contributed by atoms with van der Waals surface area (Å²) in [5.74, 6) is -0.591. The molecule has 3 aliphatic rings. The quantitative estimate of drug-likeness (QED) is 0.191. The van der Waals surface area contributed by atoms with E-state index in [1.54, 1.807) is 72.7 Å². The number of hydrogen-bond acceptors (Lipinski definition) is 10. The van der Waals surface area contributed by atoms with Crippen molar-refractivity contribution >= 4 is 58.8 Å². The van der Waals surface area contributed by atoms with Crippen LogP contribution < -0.4 is 20.7 Å². The van der Waals surface area contributed by atoms with Crippen molar-refractivity contribution in [2.24, 2.45) is 4.99 Å². The molecule has 290 valence electrons. The van der Waals surface area contributed by atoms with Crippen molar-refractivity contribution < 1.29 is 37.9 Å². The summed E-state index contributed by atoms with van der Waals surface area (Å²) in [7, 11) is 0. The molecule has 0 saturated heterocycles. The molecule has 1 aromatic heterocycles. The van der Waals surface area contributed by atoms with Crippen LogP contribution in [0.15, 0.2) is 58.1 Å². The molecule has 0 aliphatic carbocycles. The molecule has 4 bridgehead atoms. The van der Waals surface area contributed by atoms with E-state index in [0.29, 0.717) is 29.9 Å². The molecule has 14 nitrogen and oxygen atoms in total. The summed E-state index contributed by atoms with van der Waals surface area (Å²) >= 11 is 13.2. The topological polar surface area (TPSA) is 174 Å². The fraction of sp³-hybridized carbons (Fsp3) is 0.421. The number of aryl methyl sites for hydroxylation is 1. The number of nitrogens with zero attached hydrogens (tertiary/aromatic N) is 3. The Morgan fingerprint density at radius 1 is 0.926 bits per heavy atom. The molecule has 4 heterocycles. The van der Waals surface area contributed by atoms with E-state index < -0.39 is 35.2 Å². The van der Waals surface area contributed by atoms with Crippen LogP contribution in [0.3, 0.4) is 0 Å². The number of aromatic nitrogens is 1. The molecule has 0 atom stereocenters. The van der Waals surface area contributed by atoms with E-state index in [2.05, 4.69) is 26.1 Å². The maximum atomic E-state index is 13.7. The van der Waals surface area contributed by atoms with Gasteiger partial charge < -0.3 is 24.1 Å². The zero-order valence-corrected chi connectivity index (χ0v) is 32.9. The summed E-state index contributed by atoms with van der Waals surface area (Å²) < 4.78 is 22.2. The Morgan fingerprint density at radius 2 is 1.59 bits per heavy atom. The van der Waals surface area contributed by atoms with Crippen LogP contribution in [0.1, 0.15) is 82.5 Å². The smallest absolute Gasteiger partial charge is 0.414 e. The number of ether oxygens (including phenoxy) is 3. The van der Waals surface area contributed by atoms with Gasteiger partial charge in [0.25, 0.3) is 5.91 Å². The van der Waals surface area contributed by atoms with Gasteiger partial charge in [0.2, 0.25) is 11.9 Å². The highest BCUT2D eigenvalue weighted by Crippen LogP contribution is 2.32. The van der Waals surface area contributed by atoms with E-state index in [0.717, 1.165) is 12.8 Å². The van der Waals surface area contributed by atoms with E-state index in [4.69, 9.17) is 41.9 Å². The van der Waals surface area contributed by atoms with E-state index >= 15 is 0 Å². The van der Waals surface area contributed by atoms with Crippen molar-refractivity contribution in [2.45, 2.75) is 85.5 Å². The first-order chi connectivity index (χ1) is 25.4. The van der Waals surface area contributed by atoms with Gasteiger partial charge in [0.15, 0.2) is 0 Å².